The largest absolute Gasteiger partial charge is 0.345 e. The van der Waals surface area contributed by atoms with Crippen LogP contribution in [0.3, 0.4) is 0 Å². The summed E-state index contributed by atoms with van der Waals surface area (Å²) in [7, 11) is 3.34. The first-order valence-electron chi connectivity index (χ1n) is 7.06. The van der Waals surface area contributed by atoms with E-state index in [1.54, 1.807) is 36.0 Å². The van der Waals surface area contributed by atoms with Crippen molar-refractivity contribution in [2.45, 2.75) is 19.4 Å². The van der Waals surface area contributed by atoms with E-state index in [-0.39, 0.29) is 35.9 Å². The van der Waals surface area contributed by atoms with Crippen molar-refractivity contribution in [2.75, 3.05) is 20.6 Å². The van der Waals surface area contributed by atoms with Crippen molar-refractivity contribution in [3.8, 4) is 0 Å². The molecule has 0 unspecified atom stereocenters. The average molecular weight is 305 g/mol. The van der Waals surface area contributed by atoms with Crippen LogP contribution in [-0.2, 0) is 9.59 Å². The third-order valence-electron chi connectivity index (χ3n) is 4.18. The van der Waals surface area contributed by atoms with Crippen LogP contribution in [0.15, 0.2) is 24.3 Å². The number of non-ortho nitro benzene ring substituents is 1. The number of nitrogens with zero attached hydrogens (tertiary/aromatic N) is 3. The van der Waals surface area contributed by atoms with Gasteiger partial charge in [0.2, 0.25) is 11.8 Å². The first-order valence-corrected chi connectivity index (χ1v) is 7.06. The van der Waals surface area contributed by atoms with E-state index in [4.69, 9.17) is 0 Å². The van der Waals surface area contributed by atoms with Crippen LogP contribution < -0.4 is 0 Å². The number of hydrogen-bond donors (Lipinski definition) is 0. The summed E-state index contributed by atoms with van der Waals surface area (Å²) in [6.07, 6.45) is 0.224. The van der Waals surface area contributed by atoms with Gasteiger partial charge in [-0.05, 0) is 12.5 Å². The van der Waals surface area contributed by atoms with E-state index in [2.05, 4.69) is 0 Å². The van der Waals surface area contributed by atoms with Crippen LogP contribution in [0, 0.1) is 16.0 Å². The van der Waals surface area contributed by atoms with Crippen LogP contribution in [0.1, 0.15) is 24.9 Å². The van der Waals surface area contributed by atoms with Gasteiger partial charge in [0.25, 0.3) is 5.69 Å². The Hall–Kier alpha value is -2.44. The predicted molar refractivity (Wildman–Crippen MR) is 80.0 cm³/mol. The van der Waals surface area contributed by atoms with Gasteiger partial charge >= 0.3 is 0 Å². The number of nitro benzene ring substituents is 1. The summed E-state index contributed by atoms with van der Waals surface area (Å²) in [5.74, 6) is -0.491. The van der Waals surface area contributed by atoms with Gasteiger partial charge in [-0.2, -0.15) is 0 Å². The molecule has 0 aromatic heterocycles. The summed E-state index contributed by atoms with van der Waals surface area (Å²) < 4.78 is 0. The highest BCUT2D eigenvalue weighted by atomic mass is 16.6. The van der Waals surface area contributed by atoms with Gasteiger partial charge in [-0.3, -0.25) is 19.7 Å². The summed E-state index contributed by atoms with van der Waals surface area (Å²) in [5, 5.41) is 10.8. The van der Waals surface area contributed by atoms with E-state index < -0.39 is 4.92 Å². The zero-order valence-corrected chi connectivity index (χ0v) is 12.9. The lowest BCUT2D eigenvalue weighted by Crippen LogP contribution is -2.36. The van der Waals surface area contributed by atoms with E-state index in [0.717, 1.165) is 0 Å². The second kappa shape index (κ2) is 6.13. The summed E-state index contributed by atoms with van der Waals surface area (Å²) in [5.41, 5.74) is 0.698. The zero-order valence-electron chi connectivity index (χ0n) is 12.9. The van der Waals surface area contributed by atoms with Gasteiger partial charge in [-0.1, -0.05) is 12.1 Å². The molecular weight excluding hydrogens is 286 g/mol. The molecule has 2 atom stereocenters. The minimum absolute atomic E-state index is 0.000904. The molecule has 1 aromatic rings. The number of benzene rings is 1. The lowest BCUT2D eigenvalue weighted by atomic mass is 10.0. The summed E-state index contributed by atoms with van der Waals surface area (Å²) >= 11 is 0. The number of carbonyl (C=O) groups is 2. The molecule has 1 saturated heterocycles. The third-order valence-corrected chi connectivity index (χ3v) is 4.18. The maximum Gasteiger partial charge on any atom is 0.269 e. The maximum atomic E-state index is 12.5. The second-order valence-corrected chi connectivity index (χ2v) is 5.65. The molecule has 7 nitrogen and oxygen atoms in total. The van der Waals surface area contributed by atoms with Gasteiger partial charge in [0, 0.05) is 39.2 Å². The Labute approximate surface area is 128 Å². The number of amides is 2. The van der Waals surface area contributed by atoms with Gasteiger partial charge < -0.3 is 9.80 Å². The lowest BCUT2D eigenvalue weighted by Gasteiger charge is -2.27. The molecule has 22 heavy (non-hydrogen) atoms. The zero-order chi connectivity index (χ0) is 16.4. The van der Waals surface area contributed by atoms with Crippen LogP contribution in [0.25, 0.3) is 0 Å². The Morgan fingerprint density at radius 3 is 2.73 bits per heavy atom. The minimum atomic E-state index is -0.456. The maximum absolute atomic E-state index is 12.5. The Balaban J connectivity index is 2.13. The Morgan fingerprint density at radius 1 is 1.50 bits per heavy atom. The molecule has 1 aliphatic rings. The average Bonchev–Trinajstić information content (AvgIpc) is 2.84. The molecule has 0 bridgehead atoms. The van der Waals surface area contributed by atoms with Crippen molar-refractivity contribution in [3.05, 3.63) is 39.9 Å². The molecule has 2 amide bonds. The third kappa shape index (κ3) is 3.08. The Morgan fingerprint density at radius 2 is 2.18 bits per heavy atom. The summed E-state index contributed by atoms with van der Waals surface area (Å²) in [6, 6.07) is 5.96. The van der Waals surface area contributed by atoms with Crippen molar-refractivity contribution in [1.82, 2.24) is 9.80 Å². The fourth-order valence-corrected chi connectivity index (χ4v) is 2.63. The van der Waals surface area contributed by atoms with Crippen molar-refractivity contribution in [2.24, 2.45) is 5.92 Å². The molecule has 2 rings (SSSR count). The van der Waals surface area contributed by atoms with E-state index >= 15 is 0 Å². The van der Waals surface area contributed by atoms with Gasteiger partial charge in [0.15, 0.2) is 0 Å². The molecule has 0 radical (unpaired) electrons. The summed E-state index contributed by atoms with van der Waals surface area (Å²) in [6.45, 7) is 2.24. The molecule has 1 aromatic carbocycles. The highest BCUT2D eigenvalue weighted by Gasteiger charge is 2.35. The standard InChI is InChI=1S/C15H19N3O4/c1-10(11-5-4-6-13(7-11)18(21)22)17(3)15(20)12-8-14(19)16(2)9-12/h4-7,10,12H,8-9H2,1-3H3/t10-,12+/m0/s1. The molecule has 1 aliphatic heterocycles. The fourth-order valence-electron chi connectivity index (χ4n) is 2.63. The number of likely N-dealkylation sites (tertiary alicyclic amines) is 1. The van der Waals surface area contributed by atoms with E-state index in [1.165, 1.54) is 12.1 Å². The number of nitro groups is 1. The molecule has 0 spiro atoms. The molecule has 0 saturated carbocycles. The molecular formula is C15H19N3O4. The lowest BCUT2D eigenvalue weighted by molar-refractivity contribution is -0.384. The van der Waals surface area contributed by atoms with Gasteiger partial charge in [0.1, 0.15) is 0 Å². The van der Waals surface area contributed by atoms with Crippen LogP contribution in [0.4, 0.5) is 5.69 Å². The van der Waals surface area contributed by atoms with Crippen molar-refractivity contribution >= 4 is 17.5 Å². The molecule has 0 aliphatic carbocycles. The first-order chi connectivity index (χ1) is 10.3. The van der Waals surface area contributed by atoms with Crippen LogP contribution in [-0.4, -0.2) is 47.2 Å². The van der Waals surface area contributed by atoms with Crippen LogP contribution >= 0.6 is 0 Å². The highest BCUT2D eigenvalue weighted by molar-refractivity contribution is 5.89. The summed E-state index contributed by atoms with van der Waals surface area (Å²) in [4.78, 5) is 37.5. The highest BCUT2D eigenvalue weighted by Crippen LogP contribution is 2.26. The monoisotopic (exact) mass is 305 g/mol. The molecule has 0 N–H and O–H groups in total. The molecule has 1 heterocycles. The topological polar surface area (TPSA) is 83.8 Å². The minimum Gasteiger partial charge on any atom is -0.345 e. The van der Waals surface area contributed by atoms with Gasteiger partial charge in [-0.15, -0.1) is 0 Å². The number of carbonyl (C=O) groups excluding carboxylic acids is 2. The van der Waals surface area contributed by atoms with Crippen LogP contribution in [0.5, 0.6) is 0 Å². The smallest absolute Gasteiger partial charge is 0.269 e. The Bertz CT molecular complexity index is 617. The second-order valence-electron chi connectivity index (χ2n) is 5.65. The van der Waals surface area contributed by atoms with Crippen molar-refractivity contribution in [3.63, 3.8) is 0 Å². The fraction of sp³-hybridized carbons (Fsp3) is 0.467. The quantitative estimate of drug-likeness (QED) is 0.624. The molecule has 7 heteroatoms. The van der Waals surface area contributed by atoms with Gasteiger partial charge in [0.05, 0.1) is 16.9 Å². The van der Waals surface area contributed by atoms with E-state index in [1.807, 2.05) is 6.92 Å². The number of rotatable bonds is 4. The van der Waals surface area contributed by atoms with Gasteiger partial charge in [-0.25, -0.2) is 0 Å². The number of hydrogen-bond acceptors (Lipinski definition) is 4. The molecule has 118 valence electrons. The van der Waals surface area contributed by atoms with E-state index in [9.17, 15) is 19.7 Å². The first kappa shape index (κ1) is 15.9. The molecule has 1 fully saturated rings. The van der Waals surface area contributed by atoms with Crippen molar-refractivity contribution < 1.29 is 14.5 Å². The normalized spacial score (nSPS) is 19.1. The SMILES string of the molecule is C[C@@H](c1cccc([N+](=O)[O-])c1)N(C)C(=O)[C@@H]1CC(=O)N(C)C1. The Kier molecular flexibility index (Phi) is 4.44. The van der Waals surface area contributed by atoms with Crippen LogP contribution in [0.2, 0.25) is 0 Å². The predicted octanol–water partition coefficient (Wildman–Crippen LogP) is 1.59. The van der Waals surface area contributed by atoms with Crippen molar-refractivity contribution in [1.29, 1.82) is 0 Å². The van der Waals surface area contributed by atoms with E-state index in [0.29, 0.717) is 12.1 Å².